The van der Waals surface area contributed by atoms with Crippen molar-refractivity contribution in [2.45, 2.75) is 18.8 Å². The number of likely N-dealkylation sites (tertiary alicyclic amines) is 1. The Labute approximate surface area is 155 Å². The van der Waals surface area contributed by atoms with Gasteiger partial charge < -0.3 is 14.1 Å². The fourth-order valence-corrected chi connectivity index (χ4v) is 4.14. The lowest BCUT2D eigenvalue weighted by Crippen LogP contribution is -2.38. The Morgan fingerprint density at radius 1 is 1.27 bits per heavy atom. The van der Waals surface area contributed by atoms with Gasteiger partial charge in [0, 0.05) is 24.6 Å². The average molecular weight is 369 g/mol. The summed E-state index contributed by atoms with van der Waals surface area (Å²) in [6.45, 7) is 1.40. The van der Waals surface area contributed by atoms with Crippen LogP contribution in [0.2, 0.25) is 0 Å². The molecule has 1 amide bonds. The van der Waals surface area contributed by atoms with Crippen molar-refractivity contribution in [3.63, 3.8) is 0 Å². The number of aromatic nitrogens is 2. The van der Waals surface area contributed by atoms with E-state index < -0.39 is 0 Å². The van der Waals surface area contributed by atoms with Crippen LogP contribution in [-0.2, 0) is 0 Å². The molecule has 1 aliphatic rings. The van der Waals surface area contributed by atoms with Crippen LogP contribution in [0, 0.1) is 0 Å². The van der Waals surface area contributed by atoms with Crippen LogP contribution in [0.4, 0.5) is 0 Å². The maximum absolute atomic E-state index is 12.5. The van der Waals surface area contributed by atoms with Crippen LogP contribution in [0.25, 0.3) is 10.6 Å². The lowest BCUT2D eigenvalue weighted by molar-refractivity contribution is 0.0674. The predicted molar refractivity (Wildman–Crippen MR) is 98.5 cm³/mol. The molecule has 2 aromatic heterocycles. The number of carbonyl (C=O) groups excluding carboxylic acids is 1. The minimum absolute atomic E-state index is 0.0559. The number of methoxy groups -OCH3 is 1. The second-order valence-corrected chi connectivity index (χ2v) is 7.25. The molecular weight excluding hydrogens is 350 g/mol. The number of furan rings is 1. The quantitative estimate of drug-likeness (QED) is 0.699. The summed E-state index contributed by atoms with van der Waals surface area (Å²) >= 11 is 1.59. The Morgan fingerprint density at radius 3 is 2.85 bits per heavy atom. The van der Waals surface area contributed by atoms with E-state index in [-0.39, 0.29) is 11.8 Å². The summed E-state index contributed by atoms with van der Waals surface area (Å²) in [5.41, 5.74) is 1.02. The summed E-state index contributed by atoms with van der Waals surface area (Å²) in [5.74, 6) is 1.37. The zero-order chi connectivity index (χ0) is 17.9. The molecule has 7 heteroatoms. The molecule has 1 atom stereocenters. The molecule has 1 aliphatic heterocycles. The van der Waals surface area contributed by atoms with Crippen molar-refractivity contribution in [2.24, 2.45) is 0 Å². The Balaban J connectivity index is 1.49. The molecule has 26 heavy (non-hydrogen) atoms. The predicted octanol–water partition coefficient (Wildman–Crippen LogP) is 3.83. The van der Waals surface area contributed by atoms with E-state index in [1.54, 1.807) is 30.6 Å². The first kappa shape index (κ1) is 16.8. The second-order valence-electron chi connectivity index (χ2n) is 6.24. The first-order valence-corrected chi connectivity index (χ1v) is 9.37. The van der Waals surface area contributed by atoms with E-state index in [4.69, 9.17) is 9.15 Å². The van der Waals surface area contributed by atoms with Crippen LogP contribution in [0.1, 0.15) is 34.3 Å². The molecule has 1 fully saturated rings. The van der Waals surface area contributed by atoms with Crippen LogP contribution in [0.3, 0.4) is 0 Å². The fraction of sp³-hybridized carbons (Fsp3) is 0.316. The van der Waals surface area contributed by atoms with Crippen molar-refractivity contribution in [3.05, 3.63) is 53.4 Å². The third-order valence-corrected chi connectivity index (χ3v) is 5.70. The molecule has 134 valence electrons. The maximum atomic E-state index is 12.5. The molecular formula is C19H19N3O3S. The largest absolute Gasteiger partial charge is 0.497 e. The highest BCUT2D eigenvalue weighted by atomic mass is 32.1. The minimum atomic E-state index is -0.0559. The zero-order valence-electron chi connectivity index (χ0n) is 14.4. The molecule has 0 aliphatic carbocycles. The topological polar surface area (TPSA) is 68.5 Å². The van der Waals surface area contributed by atoms with Gasteiger partial charge in [-0.15, -0.1) is 10.2 Å². The molecule has 6 nitrogen and oxygen atoms in total. The summed E-state index contributed by atoms with van der Waals surface area (Å²) in [4.78, 5) is 14.4. The van der Waals surface area contributed by atoms with Gasteiger partial charge in [-0.2, -0.15) is 0 Å². The molecule has 0 unspecified atom stereocenters. The number of hydrogen-bond acceptors (Lipinski definition) is 6. The van der Waals surface area contributed by atoms with Crippen molar-refractivity contribution < 1.29 is 13.9 Å². The molecule has 1 saturated heterocycles. The molecule has 1 aromatic carbocycles. The van der Waals surface area contributed by atoms with Gasteiger partial charge in [-0.05, 0) is 49.2 Å². The number of benzene rings is 1. The molecule has 0 spiro atoms. The van der Waals surface area contributed by atoms with Gasteiger partial charge in [0.25, 0.3) is 5.91 Å². The Morgan fingerprint density at radius 2 is 2.12 bits per heavy atom. The summed E-state index contributed by atoms with van der Waals surface area (Å²) < 4.78 is 10.4. The standard InChI is InChI=1S/C19H19N3O3S/c1-24-15-8-6-13(7-9-15)17-20-21-18(26-17)14-4-2-10-22(12-14)19(23)16-5-3-11-25-16/h3,5-9,11,14H,2,4,10,12H2,1H3/t14-/m1/s1. The third kappa shape index (κ3) is 3.35. The van der Waals surface area contributed by atoms with Crippen LogP contribution in [0.15, 0.2) is 47.1 Å². The van der Waals surface area contributed by atoms with Crippen LogP contribution in [0.5, 0.6) is 5.75 Å². The molecule has 0 N–H and O–H groups in total. The van der Waals surface area contributed by atoms with Crippen LogP contribution < -0.4 is 4.74 Å². The Bertz CT molecular complexity index is 874. The highest BCUT2D eigenvalue weighted by Gasteiger charge is 2.28. The Hall–Kier alpha value is -2.67. The first-order chi connectivity index (χ1) is 12.7. The first-order valence-electron chi connectivity index (χ1n) is 8.55. The molecule has 0 radical (unpaired) electrons. The number of ether oxygens (including phenoxy) is 1. The van der Waals surface area contributed by atoms with Crippen molar-refractivity contribution >= 4 is 17.2 Å². The van der Waals surface area contributed by atoms with Crippen molar-refractivity contribution in [1.82, 2.24) is 15.1 Å². The number of rotatable bonds is 4. The van der Waals surface area contributed by atoms with Crippen LogP contribution >= 0.6 is 11.3 Å². The lowest BCUT2D eigenvalue weighted by atomic mass is 9.98. The molecule has 3 aromatic rings. The molecule has 3 heterocycles. The summed E-state index contributed by atoms with van der Waals surface area (Å²) in [7, 11) is 1.65. The van der Waals surface area contributed by atoms with Gasteiger partial charge in [0.05, 0.1) is 13.4 Å². The fourth-order valence-electron chi connectivity index (χ4n) is 3.17. The lowest BCUT2D eigenvalue weighted by Gasteiger charge is -2.30. The van der Waals surface area contributed by atoms with Gasteiger partial charge in [-0.1, -0.05) is 11.3 Å². The highest BCUT2D eigenvalue weighted by molar-refractivity contribution is 7.14. The van der Waals surface area contributed by atoms with Gasteiger partial charge >= 0.3 is 0 Å². The number of hydrogen-bond donors (Lipinski definition) is 0. The molecule has 0 bridgehead atoms. The van der Waals surface area contributed by atoms with Crippen molar-refractivity contribution in [1.29, 1.82) is 0 Å². The van der Waals surface area contributed by atoms with E-state index in [1.807, 2.05) is 29.2 Å². The van der Waals surface area contributed by atoms with E-state index in [0.717, 1.165) is 40.7 Å². The van der Waals surface area contributed by atoms with Crippen molar-refractivity contribution in [2.75, 3.05) is 20.2 Å². The van der Waals surface area contributed by atoms with E-state index in [2.05, 4.69) is 10.2 Å². The smallest absolute Gasteiger partial charge is 0.289 e. The van der Waals surface area contributed by atoms with Gasteiger partial charge in [0.2, 0.25) is 0 Å². The van der Waals surface area contributed by atoms with Gasteiger partial charge in [0.15, 0.2) is 5.76 Å². The number of piperidine rings is 1. The Kier molecular flexibility index (Phi) is 4.71. The molecule has 4 rings (SSSR count). The van der Waals surface area contributed by atoms with Gasteiger partial charge in [-0.25, -0.2) is 0 Å². The monoisotopic (exact) mass is 369 g/mol. The summed E-state index contributed by atoms with van der Waals surface area (Å²) in [5, 5.41) is 10.6. The normalized spacial score (nSPS) is 17.3. The third-order valence-electron chi connectivity index (χ3n) is 4.57. The SMILES string of the molecule is COc1ccc(-c2nnc([C@@H]3CCCN(C(=O)c4ccco4)C3)s2)cc1. The number of amides is 1. The van der Waals surface area contributed by atoms with E-state index >= 15 is 0 Å². The van der Waals surface area contributed by atoms with Gasteiger partial charge in [-0.3, -0.25) is 4.79 Å². The maximum Gasteiger partial charge on any atom is 0.289 e. The molecule has 0 saturated carbocycles. The van der Waals surface area contributed by atoms with E-state index in [1.165, 1.54) is 6.26 Å². The second kappa shape index (κ2) is 7.29. The highest BCUT2D eigenvalue weighted by Crippen LogP contribution is 2.33. The number of carbonyl (C=O) groups is 1. The summed E-state index contributed by atoms with van der Waals surface area (Å²) in [6, 6.07) is 11.2. The average Bonchev–Trinajstić information content (AvgIpc) is 3.40. The van der Waals surface area contributed by atoms with E-state index in [9.17, 15) is 4.79 Å². The van der Waals surface area contributed by atoms with Gasteiger partial charge in [0.1, 0.15) is 15.8 Å². The van der Waals surface area contributed by atoms with Crippen LogP contribution in [-0.4, -0.2) is 41.2 Å². The van der Waals surface area contributed by atoms with Crippen molar-refractivity contribution in [3.8, 4) is 16.3 Å². The zero-order valence-corrected chi connectivity index (χ0v) is 15.2. The summed E-state index contributed by atoms with van der Waals surface area (Å²) in [6.07, 6.45) is 3.49. The minimum Gasteiger partial charge on any atom is -0.497 e. The number of nitrogens with zero attached hydrogens (tertiary/aromatic N) is 3. The van der Waals surface area contributed by atoms with E-state index in [0.29, 0.717) is 12.3 Å².